The Bertz CT molecular complexity index is 559. The number of pyridine rings is 1. The lowest BCUT2D eigenvalue weighted by Crippen LogP contribution is -2.42. The number of nitrogens with zero attached hydrogens (tertiary/aromatic N) is 2. The first kappa shape index (κ1) is 13.5. The van der Waals surface area contributed by atoms with Gasteiger partial charge in [0.05, 0.1) is 11.2 Å². The summed E-state index contributed by atoms with van der Waals surface area (Å²) in [5, 5.41) is 4.77. The van der Waals surface area contributed by atoms with Crippen molar-refractivity contribution in [1.82, 2.24) is 15.2 Å². The first-order chi connectivity index (χ1) is 9.85. The van der Waals surface area contributed by atoms with E-state index in [2.05, 4.69) is 53.5 Å². The van der Waals surface area contributed by atoms with Crippen molar-refractivity contribution in [2.75, 3.05) is 19.6 Å². The number of fused-ring (bicyclic) bond motifs is 1. The Morgan fingerprint density at radius 1 is 1.15 bits per heavy atom. The van der Waals surface area contributed by atoms with Crippen molar-refractivity contribution in [2.45, 2.75) is 32.4 Å². The molecule has 106 valence electrons. The first-order valence-corrected chi connectivity index (χ1v) is 7.65. The van der Waals surface area contributed by atoms with E-state index in [0.717, 1.165) is 18.6 Å². The quantitative estimate of drug-likeness (QED) is 0.925. The van der Waals surface area contributed by atoms with Crippen LogP contribution in [0.1, 0.15) is 25.5 Å². The molecule has 2 heterocycles. The molecule has 3 rings (SSSR count). The zero-order valence-corrected chi connectivity index (χ0v) is 12.2. The maximum atomic E-state index is 4.77. The SMILES string of the molecule is CCNC1CCN(Cc2ccc3ccccc3n2)CC1. The van der Waals surface area contributed by atoms with Gasteiger partial charge in [0.2, 0.25) is 0 Å². The molecule has 1 saturated heterocycles. The number of nitrogens with one attached hydrogen (secondary N) is 1. The van der Waals surface area contributed by atoms with Gasteiger partial charge in [0.1, 0.15) is 0 Å². The van der Waals surface area contributed by atoms with Crippen molar-refractivity contribution in [3.63, 3.8) is 0 Å². The van der Waals surface area contributed by atoms with Crippen molar-refractivity contribution in [2.24, 2.45) is 0 Å². The predicted octanol–water partition coefficient (Wildman–Crippen LogP) is 2.81. The van der Waals surface area contributed by atoms with Gasteiger partial charge >= 0.3 is 0 Å². The van der Waals surface area contributed by atoms with E-state index in [1.807, 2.05) is 0 Å². The van der Waals surface area contributed by atoms with Crippen LogP contribution in [0.15, 0.2) is 36.4 Å². The fourth-order valence-electron chi connectivity index (χ4n) is 3.01. The van der Waals surface area contributed by atoms with Gasteiger partial charge in [0.25, 0.3) is 0 Å². The van der Waals surface area contributed by atoms with Crippen molar-refractivity contribution in [3.8, 4) is 0 Å². The van der Waals surface area contributed by atoms with Gasteiger partial charge in [-0.25, -0.2) is 0 Å². The standard InChI is InChI=1S/C17H23N3/c1-2-18-15-9-11-20(12-10-15)13-16-8-7-14-5-3-4-6-17(14)19-16/h3-8,15,18H,2,9-13H2,1H3. The van der Waals surface area contributed by atoms with Gasteiger partial charge in [0, 0.05) is 31.1 Å². The molecule has 1 aliphatic heterocycles. The molecule has 0 aliphatic carbocycles. The summed E-state index contributed by atoms with van der Waals surface area (Å²) in [6, 6.07) is 13.4. The monoisotopic (exact) mass is 269 g/mol. The van der Waals surface area contributed by atoms with E-state index in [1.54, 1.807) is 0 Å². The molecule has 1 aromatic carbocycles. The van der Waals surface area contributed by atoms with Crippen LogP contribution in [-0.2, 0) is 6.54 Å². The molecule has 0 amide bonds. The summed E-state index contributed by atoms with van der Waals surface area (Å²) in [4.78, 5) is 7.29. The highest BCUT2D eigenvalue weighted by molar-refractivity contribution is 5.78. The van der Waals surface area contributed by atoms with Crippen LogP contribution in [0.2, 0.25) is 0 Å². The van der Waals surface area contributed by atoms with Crippen molar-refractivity contribution in [1.29, 1.82) is 0 Å². The molecule has 1 aromatic heterocycles. The predicted molar refractivity (Wildman–Crippen MR) is 83.7 cm³/mol. The summed E-state index contributed by atoms with van der Waals surface area (Å²) in [5.41, 5.74) is 2.29. The van der Waals surface area contributed by atoms with Gasteiger partial charge in [-0.3, -0.25) is 9.88 Å². The van der Waals surface area contributed by atoms with Crippen LogP contribution in [0.4, 0.5) is 0 Å². The van der Waals surface area contributed by atoms with Gasteiger partial charge in [-0.05, 0) is 31.5 Å². The van der Waals surface area contributed by atoms with Crippen molar-refractivity contribution in [3.05, 3.63) is 42.1 Å². The molecule has 0 radical (unpaired) electrons. The summed E-state index contributed by atoms with van der Waals surface area (Å²) in [6.07, 6.45) is 2.50. The normalized spacial score (nSPS) is 17.6. The van der Waals surface area contributed by atoms with Gasteiger partial charge in [-0.15, -0.1) is 0 Å². The second-order valence-electron chi connectivity index (χ2n) is 5.60. The summed E-state index contributed by atoms with van der Waals surface area (Å²) < 4.78 is 0. The highest BCUT2D eigenvalue weighted by Gasteiger charge is 2.18. The molecule has 3 nitrogen and oxygen atoms in total. The smallest absolute Gasteiger partial charge is 0.0705 e. The van der Waals surface area contributed by atoms with E-state index < -0.39 is 0 Å². The van der Waals surface area contributed by atoms with Crippen LogP contribution in [0.5, 0.6) is 0 Å². The van der Waals surface area contributed by atoms with Gasteiger partial charge < -0.3 is 5.32 Å². The van der Waals surface area contributed by atoms with Crippen LogP contribution in [0.25, 0.3) is 10.9 Å². The van der Waals surface area contributed by atoms with E-state index >= 15 is 0 Å². The Morgan fingerprint density at radius 2 is 1.95 bits per heavy atom. The average Bonchev–Trinajstić information content (AvgIpc) is 2.49. The number of likely N-dealkylation sites (tertiary alicyclic amines) is 1. The topological polar surface area (TPSA) is 28.2 Å². The molecule has 0 unspecified atom stereocenters. The number of aromatic nitrogens is 1. The number of rotatable bonds is 4. The van der Waals surface area contributed by atoms with Crippen molar-refractivity contribution < 1.29 is 0 Å². The minimum atomic E-state index is 0.709. The number of para-hydroxylation sites is 1. The van der Waals surface area contributed by atoms with Crippen LogP contribution in [0, 0.1) is 0 Å². The van der Waals surface area contributed by atoms with Crippen LogP contribution in [0.3, 0.4) is 0 Å². The van der Waals surface area contributed by atoms with E-state index in [9.17, 15) is 0 Å². The zero-order chi connectivity index (χ0) is 13.8. The third-order valence-electron chi connectivity index (χ3n) is 4.12. The second-order valence-corrected chi connectivity index (χ2v) is 5.60. The lowest BCUT2D eigenvalue weighted by molar-refractivity contribution is 0.190. The van der Waals surface area contributed by atoms with E-state index in [4.69, 9.17) is 4.98 Å². The first-order valence-electron chi connectivity index (χ1n) is 7.65. The third-order valence-corrected chi connectivity index (χ3v) is 4.12. The Balaban J connectivity index is 1.62. The van der Waals surface area contributed by atoms with Crippen molar-refractivity contribution >= 4 is 10.9 Å². The molecule has 2 aromatic rings. The van der Waals surface area contributed by atoms with E-state index in [-0.39, 0.29) is 0 Å². The Labute approximate surface area is 121 Å². The van der Waals surface area contributed by atoms with E-state index in [0.29, 0.717) is 6.04 Å². The maximum Gasteiger partial charge on any atom is 0.0705 e. The average molecular weight is 269 g/mol. The van der Waals surface area contributed by atoms with Crippen LogP contribution < -0.4 is 5.32 Å². The lowest BCUT2D eigenvalue weighted by atomic mass is 10.0. The summed E-state index contributed by atoms with van der Waals surface area (Å²) in [7, 11) is 0. The van der Waals surface area contributed by atoms with Gasteiger partial charge in [-0.1, -0.05) is 31.2 Å². The minimum Gasteiger partial charge on any atom is -0.314 e. The summed E-state index contributed by atoms with van der Waals surface area (Å²) >= 11 is 0. The second kappa shape index (κ2) is 6.33. The summed E-state index contributed by atoms with van der Waals surface area (Å²) in [6.45, 7) is 6.59. The Hall–Kier alpha value is -1.45. The summed E-state index contributed by atoms with van der Waals surface area (Å²) in [5.74, 6) is 0. The molecule has 0 bridgehead atoms. The number of hydrogen-bond acceptors (Lipinski definition) is 3. The van der Waals surface area contributed by atoms with Gasteiger partial charge in [0.15, 0.2) is 0 Å². The maximum absolute atomic E-state index is 4.77. The highest BCUT2D eigenvalue weighted by atomic mass is 15.1. The zero-order valence-electron chi connectivity index (χ0n) is 12.2. The molecule has 1 N–H and O–H groups in total. The molecule has 0 saturated carbocycles. The number of hydrogen-bond donors (Lipinski definition) is 1. The van der Waals surface area contributed by atoms with E-state index in [1.165, 1.54) is 37.0 Å². The van der Waals surface area contributed by atoms with Crippen LogP contribution in [-0.4, -0.2) is 35.6 Å². The molecule has 1 fully saturated rings. The molecule has 1 aliphatic rings. The number of benzene rings is 1. The molecule has 3 heteroatoms. The number of piperidine rings is 1. The largest absolute Gasteiger partial charge is 0.314 e. The lowest BCUT2D eigenvalue weighted by Gasteiger charge is -2.32. The van der Waals surface area contributed by atoms with Gasteiger partial charge in [-0.2, -0.15) is 0 Å². The molecular formula is C17H23N3. The molecule has 0 atom stereocenters. The minimum absolute atomic E-state index is 0.709. The fraction of sp³-hybridized carbons (Fsp3) is 0.471. The molecule has 0 spiro atoms. The Morgan fingerprint density at radius 3 is 2.75 bits per heavy atom. The fourth-order valence-corrected chi connectivity index (χ4v) is 3.01. The third kappa shape index (κ3) is 3.17. The molecular weight excluding hydrogens is 246 g/mol. The molecule has 20 heavy (non-hydrogen) atoms. The Kier molecular flexibility index (Phi) is 4.28. The highest BCUT2D eigenvalue weighted by Crippen LogP contribution is 2.16. The van der Waals surface area contributed by atoms with Crippen LogP contribution >= 0.6 is 0 Å².